The van der Waals surface area contributed by atoms with E-state index >= 15 is 0 Å². The minimum atomic E-state index is -0.328. The molecule has 10 nitrogen and oxygen atoms in total. The van der Waals surface area contributed by atoms with Crippen LogP contribution >= 0.6 is 0 Å². The lowest BCUT2D eigenvalue weighted by molar-refractivity contribution is -0.159. The summed E-state index contributed by atoms with van der Waals surface area (Å²) in [5.41, 5.74) is 0. The van der Waals surface area contributed by atoms with Gasteiger partial charge in [0.25, 0.3) is 0 Å². The van der Waals surface area contributed by atoms with Gasteiger partial charge in [0, 0.05) is 45.9 Å². The first-order valence-corrected chi connectivity index (χ1v) is 25.1. The van der Waals surface area contributed by atoms with E-state index in [9.17, 15) is 14.7 Å². The van der Waals surface area contributed by atoms with Crippen LogP contribution in [0, 0.1) is 0 Å². The second-order valence-electron chi connectivity index (χ2n) is 16.6. The van der Waals surface area contributed by atoms with Crippen LogP contribution in [-0.2, 0) is 38.0 Å². The maximum absolute atomic E-state index is 12.5. The van der Waals surface area contributed by atoms with Gasteiger partial charge in [-0.2, -0.15) is 0 Å². The third kappa shape index (κ3) is 43.2. The van der Waals surface area contributed by atoms with E-state index in [4.69, 9.17) is 28.4 Å². The summed E-state index contributed by atoms with van der Waals surface area (Å²) in [5.74, 6) is -0.300. The molecule has 0 aliphatic heterocycles. The highest BCUT2D eigenvalue weighted by Crippen LogP contribution is 2.13. The first-order valence-electron chi connectivity index (χ1n) is 25.1. The van der Waals surface area contributed by atoms with Gasteiger partial charge in [0.2, 0.25) is 0 Å². The van der Waals surface area contributed by atoms with Gasteiger partial charge in [-0.1, -0.05) is 130 Å². The number of carbonyl (C=O) groups excluding carboxylic acids is 2. The Morgan fingerprint density at radius 3 is 1.31 bits per heavy atom. The first kappa shape index (κ1) is 57.7. The van der Waals surface area contributed by atoms with E-state index < -0.39 is 0 Å². The van der Waals surface area contributed by atoms with E-state index in [-0.39, 0.29) is 30.9 Å². The minimum absolute atomic E-state index is 0.0509. The quantitative estimate of drug-likeness (QED) is 0.0361. The molecule has 0 aliphatic carbocycles. The molecule has 0 heterocycles. The molecule has 0 bridgehead atoms. The molecule has 0 rings (SSSR count). The lowest BCUT2D eigenvalue weighted by Gasteiger charge is -2.22. The van der Waals surface area contributed by atoms with Crippen molar-refractivity contribution in [2.45, 2.75) is 233 Å². The second-order valence-corrected chi connectivity index (χ2v) is 16.6. The number of hydrogen-bond acceptors (Lipinski definition) is 10. The number of hydrogen-bond donors (Lipinski definition) is 1. The molecule has 0 aromatic carbocycles. The molecule has 1 unspecified atom stereocenters. The molecule has 0 aromatic heterocycles. The Balaban J connectivity index is 4.25. The Kier molecular flexibility index (Phi) is 46.7. The van der Waals surface area contributed by atoms with Crippen molar-refractivity contribution in [1.82, 2.24) is 4.90 Å². The molecule has 0 fully saturated rings. The van der Waals surface area contributed by atoms with Crippen LogP contribution in [0.5, 0.6) is 0 Å². The third-order valence-electron chi connectivity index (χ3n) is 10.8. The summed E-state index contributed by atoms with van der Waals surface area (Å²) in [4.78, 5) is 27.5. The number of nitrogens with zero attached hydrogens (tertiary/aromatic N) is 1. The highest BCUT2D eigenvalue weighted by molar-refractivity contribution is 5.69. The van der Waals surface area contributed by atoms with E-state index in [0.29, 0.717) is 58.7 Å². The summed E-state index contributed by atoms with van der Waals surface area (Å²) in [5, 5.41) is 9.31. The van der Waals surface area contributed by atoms with E-state index in [1.54, 1.807) is 0 Å². The van der Waals surface area contributed by atoms with Gasteiger partial charge in [-0.3, -0.25) is 9.59 Å². The molecule has 1 N–H and O–H groups in total. The van der Waals surface area contributed by atoms with E-state index in [2.05, 4.69) is 32.6 Å². The zero-order chi connectivity index (χ0) is 43.1. The van der Waals surface area contributed by atoms with Gasteiger partial charge in [0.05, 0.1) is 32.3 Å². The summed E-state index contributed by atoms with van der Waals surface area (Å²) in [6, 6.07) is 0. The van der Waals surface area contributed by atoms with Crippen molar-refractivity contribution in [3.8, 4) is 0 Å². The Bertz CT molecular complexity index is 849. The standard InChI is InChI=1S/C49H97NO9/c1-5-9-13-25-39-54-45-46(55-40-26-14-10-6-2)31-32-47(52)56-41-29-19-17-21-35-50(37-23-24-38-51)36-22-18-20-30-42-57-48(53)33-34-49(58-43-27-15-11-7-3)59-44-28-16-12-8-4/h46,49,51H,5-45H2,1-4H3. The van der Waals surface area contributed by atoms with Crippen molar-refractivity contribution < 1.29 is 43.1 Å². The van der Waals surface area contributed by atoms with Gasteiger partial charge in [0.1, 0.15) is 0 Å². The average molecular weight is 844 g/mol. The number of esters is 2. The Hall–Kier alpha value is -1.30. The van der Waals surface area contributed by atoms with Crippen molar-refractivity contribution in [3.05, 3.63) is 0 Å². The summed E-state index contributed by atoms with van der Waals surface area (Å²) >= 11 is 0. The molecular formula is C49H97NO9. The van der Waals surface area contributed by atoms with E-state index in [0.717, 1.165) is 123 Å². The maximum atomic E-state index is 12.5. The Morgan fingerprint density at radius 2 is 0.831 bits per heavy atom. The number of aliphatic hydroxyl groups excluding tert-OH is 1. The van der Waals surface area contributed by atoms with Crippen molar-refractivity contribution in [1.29, 1.82) is 0 Å². The molecule has 352 valence electrons. The fraction of sp³-hybridized carbons (Fsp3) is 0.959. The zero-order valence-corrected chi connectivity index (χ0v) is 39.3. The van der Waals surface area contributed by atoms with Crippen LogP contribution in [0.15, 0.2) is 0 Å². The monoisotopic (exact) mass is 844 g/mol. The lowest BCUT2D eigenvalue weighted by Crippen LogP contribution is -2.27. The molecule has 0 saturated heterocycles. The molecule has 0 aliphatic rings. The fourth-order valence-electron chi connectivity index (χ4n) is 6.94. The number of carbonyl (C=O) groups is 2. The SMILES string of the molecule is CCCCCCOCC(CCC(=O)OCCCCCCN(CCCCO)CCCCCCOC(=O)CCC(OCCCCCC)OCCCCCC)OCCCCCC. The molecule has 59 heavy (non-hydrogen) atoms. The number of ether oxygens (including phenoxy) is 6. The predicted octanol–water partition coefficient (Wildman–Crippen LogP) is 11.9. The van der Waals surface area contributed by atoms with Crippen LogP contribution < -0.4 is 0 Å². The van der Waals surface area contributed by atoms with Gasteiger partial charge in [-0.05, 0) is 90.3 Å². The number of aliphatic hydroxyl groups is 1. The van der Waals surface area contributed by atoms with Crippen LogP contribution in [0.1, 0.15) is 220 Å². The second kappa shape index (κ2) is 47.7. The molecule has 0 spiro atoms. The molecule has 0 aromatic rings. The highest BCUT2D eigenvalue weighted by Gasteiger charge is 2.15. The minimum Gasteiger partial charge on any atom is -0.466 e. The molecular weight excluding hydrogens is 747 g/mol. The van der Waals surface area contributed by atoms with Gasteiger partial charge in [-0.25, -0.2) is 0 Å². The molecule has 1 atom stereocenters. The Morgan fingerprint density at radius 1 is 0.441 bits per heavy atom. The fourth-order valence-corrected chi connectivity index (χ4v) is 6.94. The van der Waals surface area contributed by atoms with Gasteiger partial charge in [-0.15, -0.1) is 0 Å². The summed E-state index contributed by atoms with van der Waals surface area (Å²) < 4.78 is 35.2. The topological polar surface area (TPSA) is 113 Å². The van der Waals surface area contributed by atoms with E-state index in [1.807, 2.05) is 0 Å². The summed E-state index contributed by atoms with van der Waals surface area (Å²) in [7, 11) is 0. The van der Waals surface area contributed by atoms with Crippen LogP contribution in [0.3, 0.4) is 0 Å². The van der Waals surface area contributed by atoms with Crippen molar-refractivity contribution >= 4 is 11.9 Å². The smallest absolute Gasteiger partial charge is 0.305 e. The average Bonchev–Trinajstić information content (AvgIpc) is 3.24. The van der Waals surface area contributed by atoms with Crippen molar-refractivity contribution in [2.75, 3.05) is 72.5 Å². The Labute approximate surface area is 364 Å². The van der Waals surface area contributed by atoms with Gasteiger partial charge < -0.3 is 38.4 Å². The predicted molar refractivity (Wildman–Crippen MR) is 243 cm³/mol. The first-order chi connectivity index (χ1) is 29.0. The van der Waals surface area contributed by atoms with E-state index in [1.165, 1.54) is 77.0 Å². The molecule has 0 amide bonds. The lowest BCUT2D eigenvalue weighted by atomic mass is 10.1. The number of unbranched alkanes of at least 4 members (excludes halogenated alkanes) is 19. The molecule has 0 radical (unpaired) electrons. The van der Waals surface area contributed by atoms with Crippen LogP contribution in [0.4, 0.5) is 0 Å². The normalized spacial score (nSPS) is 12.2. The highest BCUT2D eigenvalue weighted by atomic mass is 16.7. The van der Waals surface area contributed by atoms with Crippen LogP contribution in [0.2, 0.25) is 0 Å². The maximum Gasteiger partial charge on any atom is 0.305 e. The number of rotatable bonds is 49. The largest absolute Gasteiger partial charge is 0.466 e. The third-order valence-corrected chi connectivity index (χ3v) is 10.8. The molecule has 10 heteroatoms. The van der Waals surface area contributed by atoms with Crippen molar-refractivity contribution in [2.24, 2.45) is 0 Å². The van der Waals surface area contributed by atoms with Crippen LogP contribution in [0.25, 0.3) is 0 Å². The zero-order valence-electron chi connectivity index (χ0n) is 39.3. The molecule has 0 saturated carbocycles. The van der Waals surface area contributed by atoms with Gasteiger partial charge >= 0.3 is 11.9 Å². The summed E-state index contributed by atoms with van der Waals surface area (Å²) in [6.07, 6.45) is 30.3. The van der Waals surface area contributed by atoms with Crippen LogP contribution in [-0.4, -0.2) is 107 Å². The summed E-state index contributed by atoms with van der Waals surface area (Å²) in [6.45, 7) is 16.5. The van der Waals surface area contributed by atoms with Gasteiger partial charge in [0.15, 0.2) is 6.29 Å². The van der Waals surface area contributed by atoms with Crippen molar-refractivity contribution in [3.63, 3.8) is 0 Å².